The van der Waals surface area contributed by atoms with Crippen molar-refractivity contribution in [3.8, 4) is 11.5 Å². The molecule has 1 fully saturated rings. The van der Waals surface area contributed by atoms with E-state index in [-0.39, 0.29) is 12.7 Å². The molecule has 0 aromatic heterocycles. The fourth-order valence-corrected chi connectivity index (χ4v) is 3.46. The third-order valence-electron chi connectivity index (χ3n) is 4.47. The number of amides is 2. The fraction of sp³-hybridized carbons (Fsp3) is 0.350. The molecule has 0 saturated carbocycles. The highest BCUT2D eigenvalue weighted by Crippen LogP contribution is 2.28. The number of urea groups is 1. The molecule has 9 heteroatoms. The van der Waals surface area contributed by atoms with Gasteiger partial charge in [-0.2, -0.15) is 0 Å². The van der Waals surface area contributed by atoms with Gasteiger partial charge >= 0.3 is 6.03 Å². The molecule has 29 heavy (non-hydrogen) atoms. The van der Waals surface area contributed by atoms with Gasteiger partial charge in [-0.3, -0.25) is 4.90 Å². The molecule has 4 N–H and O–H groups in total. The lowest BCUT2D eigenvalue weighted by atomic mass is 10.3. The van der Waals surface area contributed by atoms with Crippen LogP contribution < -0.4 is 20.5 Å². The second-order valence-corrected chi connectivity index (χ2v) is 7.63. The Morgan fingerprint density at radius 3 is 2.83 bits per heavy atom. The zero-order chi connectivity index (χ0) is 20.8. The van der Waals surface area contributed by atoms with Gasteiger partial charge in [0.1, 0.15) is 30.3 Å². The van der Waals surface area contributed by atoms with E-state index in [0.717, 1.165) is 13.0 Å². The molecule has 2 unspecified atom stereocenters. The van der Waals surface area contributed by atoms with Crippen molar-refractivity contribution >= 4 is 34.9 Å². The molecule has 0 aliphatic carbocycles. The fourth-order valence-electron chi connectivity index (χ4n) is 3.17. The third-order valence-corrected chi connectivity index (χ3v) is 5.21. The molecule has 1 aliphatic heterocycles. The number of carbonyl (C=O) groups excluding carboxylic acids is 1. The van der Waals surface area contributed by atoms with Crippen LogP contribution in [0.15, 0.2) is 42.5 Å². The highest BCUT2D eigenvalue weighted by Gasteiger charge is 2.26. The molecule has 7 nitrogen and oxygen atoms in total. The van der Waals surface area contributed by atoms with Gasteiger partial charge in [0.25, 0.3) is 0 Å². The molecule has 156 valence electrons. The normalized spacial score (nSPS) is 17.7. The summed E-state index contributed by atoms with van der Waals surface area (Å²) in [4.78, 5) is 13.2. The quantitative estimate of drug-likeness (QED) is 0.585. The van der Waals surface area contributed by atoms with Gasteiger partial charge in [-0.1, -0.05) is 35.3 Å². The van der Waals surface area contributed by atoms with Crippen LogP contribution in [-0.2, 0) is 0 Å². The number of para-hydroxylation sites is 2. The summed E-state index contributed by atoms with van der Waals surface area (Å²) in [5.74, 6) is 1.13. The summed E-state index contributed by atoms with van der Waals surface area (Å²) in [5, 5.41) is 13.8. The number of carbonyl (C=O) groups is 1. The maximum absolute atomic E-state index is 11.1. The lowest BCUT2D eigenvalue weighted by Crippen LogP contribution is -2.35. The summed E-state index contributed by atoms with van der Waals surface area (Å²) in [6.07, 6.45) is 0.167. The monoisotopic (exact) mass is 439 g/mol. The summed E-state index contributed by atoms with van der Waals surface area (Å²) >= 11 is 11.9. The van der Waals surface area contributed by atoms with E-state index >= 15 is 0 Å². The molecule has 3 rings (SSSR count). The summed E-state index contributed by atoms with van der Waals surface area (Å²) in [6, 6.07) is 11.4. The van der Waals surface area contributed by atoms with Crippen LogP contribution in [0.25, 0.3) is 0 Å². The van der Waals surface area contributed by atoms with Gasteiger partial charge < -0.3 is 25.6 Å². The number of aliphatic hydroxyl groups excluding tert-OH is 1. The van der Waals surface area contributed by atoms with Crippen LogP contribution >= 0.6 is 23.2 Å². The van der Waals surface area contributed by atoms with Crippen molar-refractivity contribution in [2.45, 2.75) is 18.6 Å². The highest BCUT2D eigenvalue weighted by atomic mass is 35.5. The molecule has 1 aliphatic rings. The van der Waals surface area contributed by atoms with Gasteiger partial charge in [-0.25, -0.2) is 4.79 Å². The molecule has 2 amide bonds. The largest absolute Gasteiger partial charge is 0.489 e. The van der Waals surface area contributed by atoms with Crippen LogP contribution in [0.3, 0.4) is 0 Å². The molecular formula is C20H23Cl2N3O4. The zero-order valence-electron chi connectivity index (χ0n) is 15.7. The zero-order valence-corrected chi connectivity index (χ0v) is 17.2. The van der Waals surface area contributed by atoms with Crippen LogP contribution in [-0.4, -0.2) is 54.5 Å². The molecule has 1 saturated heterocycles. The van der Waals surface area contributed by atoms with Crippen molar-refractivity contribution < 1.29 is 19.4 Å². The van der Waals surface area contributed by atoms with Crippen molar-refractivity contribution in [3.63, 3.8) is 0 Å². The number of likely N-dealkylation sites (tertiary alicyclic amines) is 1. The average Bonchev–Trinajstić information content (AvgIpc) is 3.10. The van der Waals surface area contributed by atoms with Crippen molar-refractivity contribution in [1.29, 1.82) is 0 Å². The van der Waals surface area contributed by atoms with E-state index in [2.05, 4.69) is 10.2 Å². The van der Waals surface area contributed by atoms with Gasteiger partial charge in [-0.05, 0) is 30.7 Å². The Hall–Kier alpha value is -2.19. The molecule has 2 aromatic carbocycles. The Morgan fingerprint density at radius 2 is 2.07 bits per heavy atom. The molecule has 0 spiro atoms. The first kappa shape index (κ1) is 21.5. The van der Waals surface area contributed by atoms with Crippen LogP contribution in [0, 0.1) is 0 Å². The summed E-state index contributed by atoms with van der Waals surface area (Å²) in [7, 11) is 0. The summed E-state index contributed by atoms with van der Waals surface area (Å²) < 4.78 is 11.6. The number of hydrogen-bond donors (Lipinski definition) is 3. The molecule has 0 bridgehead atoms. The lowest BCUT2D eigenvalue weighted by Gasteiger charge is -2.21. The standard InChI is InChI=1S/C20H23Cl2N3O4/c21-16-6-5-14(9-17(16)22)29-15-7-8-25(11-15)10-13(26)12-28-19-4-2-1-3-18(19)24-20(23)27/h1-6,9,13,15,26H,7-8,10-12H2,(H3,23,24,27). The van der Waals surface area contributed by atoms with Gasteiger partial charge in [0.15, 0.2) is 0 Å². The Kier molecular flexibility index (Phi) is 7.44. The topological polar surface area (TPSA) is 97.1 Å². The summed E-state index contributed by atoms with van der Waals surface area (Å²) in [5.41, 5.74) is 5.62. The average molecular weight is 440 g/mol. The van der Waals surface area contributed by atoms with E-state index in [1.807, 2.05) is 0 Å². The number of rotatable bonds is 8. The number of ether oxygens (including phenoxy) is 2. The minimum atomic E-state index is -0.694. The third kappa shape index (κ3) is 6.40. The van der Waals surface area contributed by atoms with Crippen LogP contribution in [0.2, 0.25) is 10.0 Å². The number of halogens is 2. The van der Waals surface area contributed by atoms with Gasteiger partial charge in [-0.15, -0.1) is 0 Å². The van der Waals surface area contributed by atoms with E-state index in [0.29, 0.717) is 40.3 Å². The number of hydrogen-bond acceptors (Lipinski definition) is 5. The van der Waals surface area contributed by atoms with Gasteiger partial charge in [0.05, 0.1) is 15.7 Å². The SMILES string of the molecule is NC(=O)Nc1ccccc1OCC(O)CN1CCC(Oc2ccc(Cl)c(Cl)c2)C1. The molecule has 0 radical (unpaired) electrons. The van der Waals surface area contributed by atoms with Gasteiger partial charge in [0, 0.05) is 25.7 Å². The first-order chi connectivity index (χ1) is 13.9. The van der Waals surface area contributed by atoms with E-state index in [4.69, 9.17) is 38.4 Å². The van der Waals surface area contributed by atoms with Crippen LogP contribution in [0.1, 0.15) is 6.42 Å². The van der Waals surface area contributed by atoms with Crippen molar-refractivity contribution in [2.75, 3.05) is 31.6 Å². The number of β-amino-alcohol motifs (C(OH)–C–C–N with tert-alkyl or cyclic N) is 1. The second kappa shape index (κ2) is 10.0. The minimum absolute atomic E-state index is 0.0147. The number of nitrogens with zero attached hydrogens (tertiary/aromatic N) is 1. The molecular weight excluding hydrogens is 417 g/mol. The van der Waals surface area contributed by atoms with Crippen molar-refractivity contribution in [2.24, 2.45) is 5.73 Å². The van der Waals surface area contributed by atoms with E-state index in [1.54, 1.807) is 42.5 Å². The predicted molar refractivity (Wildman–Crippen MR) is 113 cm³/mol. The van der Waals surface area contributed by atoms with Crippen molar-refractivity contribution in [3.05, 3.63) is 52.5 Å². The van der Waals surface area contributed by atoms with Gasteiger partial charge in [0.2, 0.25) is 0 Å². The Labute approximate surface area is 179 Å². The highest BCUT2D eigenvalue weighted by molar-refractivity contribution is 6.42. The lowest BCUT2D eigenvalue weighted by molar-refractivity contribution is 0.0723. The number of primary amides is 1. The number of nitrogens with two attached hydrogens (primary N) is 1. The molecule has 1 heterocycles. The predicted octanol–water partition coefficient (Wildman–Crippen LogP) is 3.38. The maximum Gasteiger partial charge on any atom is 0.316 e. The number of nitrogens with one attached hydrogen (secondary N) is 1. The maximum atomic E-state index is 11.1. The van der Waals surface area contributed by atoms with Crippen LogP contribution in [0.5, 0.6) is 11.5 Å². The van der Waals surface area contributed by atoms with E-state index < -0.39 is 12.1 Å². The van der Waals surface area contributed by atoms with Crippen molar-refractivity contribution in [1.82, 2.24) is 4.90 Å². The van der Waals surface area contributed by atoms with E-state index in [1.165, 1.54) is 0 Å². The first-order valence-electron chi connectivity index (χ1n) is 9.21. The number of anilines is 1. The van der Waals surface area contributed by atoms with Crippen LogP contribution in [0.4, 0.5) is 10.5 Å². The molecule has 2 aromatic rings. The summed E-state index contributed by atoms with van der Waals surface area (Å²) in [6.45, 7) is 2.04. The minimum Gasteiger partial charge on any atom is -0.489 e. The first-order valence-corrected chi connectivity index (χ1v) is 9.96. The Balaban J connectivity index is 1.45. The second-order valence-electron chi connectivity index (χ2n) is 6.81. The number of benzene rings is 2. The smallest absolute Gasteiger partial charge is 0.316 e. The Bertz CT molecular complexity index is 852. The number of aliphatic hydroxyl groups is 1. The Morgan fingerprint density at radius 1 is 1.28 bits per heavy atom. The van der Waals surface area contributed by atoms with E-state index in [9.17, 15) is 9.90 Å². The molecule has 2 atom stereocenters.